The summed E-state index contributed by atoms with van der Waals surface area (Å²) in [5.41, 5.74) is 0.211. The summed E-state index contributed by atoms with van der Waals surface area (Å²) in [5, 5.41) is 15.3. The molecule has 0 N–H and O–H groups in total. The molecule has 4 heterocycles. The van der Waals surface area contributed by atoms with Gasteiger partial charge in [0.1, 0.15) is 22.7 Å². The molecule has 0 saturated heterocycles. The highest BCUT2D eigenvalue weighted by atomic mass is 32.1. The Kier molecular flexibility index (Phi) is 4.62. The van der Waals surface area contributed by atoms with Gasteiger partial charge in [-0.3, -0.25) is 14.9 Å². The molecule has 10 nitrogen and oxygen atoms in total. The Bertz CT molecular complexity index is 1670. The van der Waals surface area contributed by atoms with Gasteiger partial charge in [-0.2, -0.15) is 9.50 Å². The first-order valence-corrected chi connectivity index (χ1v) is 11.0. The van der Waals surface area contributed by atoms with Crippen LogP contribution < -0.4 is 19.6 Å². The standard InChI is InChI=1S/C23H14N4O6S/c28-22-20(11-15-8-9-16(32-15)13-4-3-5-14(10-13)27(29)30)34-23-24-21(25-26(22)23)19-12-31-17-6-1-2-7-18(17)33-19/h1-11,19H,12H2/b20-11+. The molecule has 34 heavy (non-hydrogen) atoms. The second kappa shape index (κ2) is 7.81. The molecule has 0 spiro atoms. The van der Waals surface area contributed by atoms with Crippen molar-refractivity contribution in [2.45, 2.75) is 6.10 Å². The zero-order valence-corrected chi connectivity index (χ0v) is 18.1. The van der Waals surface area contributed by atoms with Crippen molar-refractivity contribution in [3.8, 4) is 22.8 Å². The Hall–Kier alpha value is -4.51. The van der Waals surface area contributed by atoms with Crippen molar-refractivity contribution in [3.05, 3.63) is 97.2 Å². The SMILES string of the molecule is O=c1/c(=C\c2ccc(-c3cccc([N+](=O)[O-])c3)o2)sc2nc(C3COc4ccccc4O3)nn12. The smallest absolute Gasteiger partial charge is 0.291 e. The number of rotatable bonds is 4. The zero-order chi connectivity index (χ0) is 23.2. The van der Waals surface area contributed by atoms with Crippen molar-refractivity contribution in [2.75, 3.05) is 6.61 Å². The molecule has 1 aliphatic rings. The average Bonchev–Trinajstić information content (AvgIpc) is 3.56. The van der Waals surface area contributed by atoms with E-state index in [1.54, 1.807) is 36.4 Å². The van der Waals surface area contributed by atoms with Gasteiger partial charge in [0.15, 0.2) is 23.4 Å². The molecule has 0 fully saturated rings. The van der Waals surface area contributed by atoms with Crippen LogP contribution in [0.1, 0.15) is 17.7 Å². The van der Waals surface area contributed by atoms with Crippen LogP contribution in [-0.2, 0) is 0 Å². The molecule has 1 aliphatic heterocycles. The first-order valence-electron chi connectivity index (χ1n) is 10.2. The summed E-state index contributed by atoms with van der Waals surface area (Å²) in [4.78, 5) is 28.3. The summed E-state index contributed by atoms with van der Waals surface area (Å²) in [6.07, 6.45) is 1.08. The van der Waals surface area contributed by atoms with Crippen LogP contribution in [0.2, 0.25) is 0 Å². The summed E-state index contributed by atoms with van der Waals surface area (Å²) < 4.78 is 19.1. The predicted molar refractivity (Wildman–Crippen MR) is 122 cm³/mol. The Morgan fingerprint density at radius 1 is 1.12 bits per heavy atom. The molecule has 1 unspecified atom stereocenters. The lowest BCUT2D eigenvalue weighted by Crippen LogP contribution is -2.26. The van der Waals surface area contributed by atoms with E-state index in [0.29, 0.717) is 43.9 Å². The molecule has 6 rings (SSSR count). The average molecular weight is 474 g/mol. The third kappa shape index (κ3) is 3.48. The van der Waals surface area contributed by atoms with Crippen LogP contribution in [0.4, 0.5) is 5.69 Å². The molecule has 168 valence electrons. The van der Waals surface area contributed by atoms with Gasteiger partial charge in [-0.1, -0.05) is 35.6 Å². The summed E-state index contributed by atoms with van der Waals surface area (Å²) in [5.74, 6) is 2.52. The molecule has 3 aromatic heterocycles. The largest absolute Gasteiger partial charge is 0.485 e. The molecule has 1 atom stereocenters. The highest BCUT2D eigenvalue weighted by molar-refractivity contribution is 7.15. The van der Waals surface area contributed by atoms with Crippen molar-refractivity contribution >= 4 is 28.1 Å². The molecule has 0 radical (unpaired) electrons. The minimum atomic E-state index is -0.517. The van der Waals surface area contributed by atoms with Crippen LogP contribution in [0.25, 0.3) is 22.4 Å². The van der Waals surface area contributed by atoms with Crippen molar-refractivity contribution < 1.29 is 18.8 Å². The molecule has 0 saturated carbocycles. The number of hydrogen-bond acceptors (Lipinski definition) is 9. The van der Waals surface area contributed by atoms with Gasteiger partial charge in [0.05, 0.1) is 4.92 Å². The quantitative estimate of drug-likeness (QED) is 0.287. The number of nitro benzene ring substituents is 1. The van der Waals surface area contributed by atoms with E-state index < -0.39 is 11.0 Å². The normalized spacial score (nSPS) is 15.6. The van der Waals surface area contributed by atoms with Gasteiger partial charge < -0.3 is 13.9 Å². The monoisotopic (exact) mass is 474 g/mol. The Balaban J connectivity index is 1.29. The fourth-order valence-electron chi connectivity index (χ4n) is 3.62. The van der Waals surface area contributed by atoms with E-state index in [1.165, 1.54) is 28.0 Å². The van der Waals surface area contributed by atoms with E-state index in [0.717, 1.165) is 0 Å². The number of furan rings is 1. The van der Waals surface area contributed by atoms with Gasteiger partial charge in [-0.05, 0) is 24.3 Å². The molecular weight excluding hydrogens is 460 g/mol. The molecule has 0 amide bonds. The van der Waals surface area contributed by atoms with E-state index >= 15 is 0 Å². The van der Waals surface area contributed by atoms with Gasteiger partial charge in [-0.15, -0.1) is 5.10 Å². The number of non-ortho nitro benzene ring substituents is 1. The van der Waals surface area contributed by atoms with E-state index in [4.69, 9.17) is 13.9 Å². The molecule has 0 bridgehead atoms. The maximum absolute atomic E-state index is 12.9. The van der Waals surface area contributed by atoms with E-state index in [2.05, 4.69) is 10.1 Å². The molecule has 2 aromatic carbocycles. The lowest BCUT2D eigenvalue weighted by atomic mass is 10.1. The van der Waals surface area contributed by atoms with Crippen LogP contribution in [0.5, 0.6) is 11.5 Å². The van der Waals surface area contributed by atoms with Crippen molar-refractivity contribution in [1.29, 1.82) is 0 Å². The molecule has 0 aliphatic carbocycles. The second-order valence-corrected chi connectivity index (χ2v) is 8.46. The van der Waals surface area contributed by atoms with Gasteiger partial charge in [0.25, 0.3) is 11.2 Å². The number of para-hydroxylation sites is 2. The zero-order valence-electron chi connectivity index (χ0n) is 17.3. The number of hydrogen-bond donors (Lipinski definition) is 0. The van der Waals surface area contributed by atoms with Crippen LogP contribution in [0, 0.1) is 10.1 Å². The minimum absolute atomic E-state index is 0.0292. The van der Waals surface area contributed by atoms with Crippen LogP contribution in [0.15, 0.2) is 69.9 Å². The van der Waals surface area contributed by atoms with E-state index in [9.17, 15) is 14.9 Å². The van der Waals surface area contributed by atoms with Crippen molar-refractivity contribution in [1.82, 2.24) is 14.6 Å². The third-order valence-electron chi connectivity index (χ3n) is 5.24. The summed E-state index contributed by atoms with van der Waals surface area (Å²) in [7, 11) is 0. The third-order valence-corrected chi connectivity index (χ3v) is 6.20. The minimum Gasteiger partial charge on any atom is -0.485 e. The lowest BCUT2D eigenvalue weighted by Gasteiger charge is -2.24. The lowest BCUT2D eigenvalue weighted by molar-refractivity contribution is -0.384. The predicted octanol–water partition coefficient (Wildman–Crippen LogP) is 3.38. The van der Waals surface area contributed by atoms with Crippen LogP contribution in [-0.4, -0.2) is 26.1 Å². The molecule has 5 aromatic rings. The van der Waals surface area contributed by atoms with Crippen LogP contribution in [0.3, 0.4) is 0 Å². The summed E-state index contributed by atoms with van der Waals surface area (Å²) in [6.45, 7) is 0.245. The number of nitro groups is 1. The Morgan fingerprint density at radius 3 is 2.79 bits per heavy atom. The number of thiazole rings is 1. The van der Waals surface area contributed by atoms with Gasteiger partial charge >= 0.3 is 0 Å². The molecule has 11 heteroatoms. The highest BCUT2D eigenvalue weighted by Gasteiger charge is 2.27. The van der Waals surface area contributed by atoms with Crippen LogP contribution >= 0.6 is 11.3 Å². The highest BCUT2D eigenvalue weighted by Crippen LogP contribution is 2.35. The first kappa shape index (κ1) is 20.1. The van der Waals surface area contributed by atoms with E-state index in [1.807, 2.05) is 18.2 Å². The molecular formula is C23H14N4O6S. The Morgan fingerprint density at radius 2 is 1.97 bits per heavy atom. The van der Waals surface area contributed by atoms with Gasteiger partial charge in [-0.25, -0.2) is 0 Å². The number of nitrogens with zero attached hydrogens (tertiary/aromatic N) is 4. The number of benzene rings is 2. The Labute approximate surface area is 194 Å². The number of ether oxygens (including phenoxy) is 2. The fraction of sp³-hybridized carbons (Fsp3) is 0.0870. The summed E-state index contributed by atoms with van der Waals surface area (Å²) >= 11 is 1.18. The van der Waals surface area contributed by atoms with E-state index in [-0.39, 0.29) is 17.9 Å². The van der Waals surface area contributed by atoms with Crippen molar-refractivity contribution in [2.24, 2.45) is 0 Å². The number of fused-ring (bicyclic) bond motifs is 2. The fourth-order valence-corrected chi connectivity index (χ4v) is 4.51. The second-order valence-electron chi connectivity index (χ2n) is 7.45. The van der Waals surface area contributed by atoms with Gasteiger partial charge in [0.2, 0.25) is 4.96 Å². The topological polar surface area (TPSA) is 122 Å². The summed E-state index contributed by atoms with van der Waals surface area (Å²) in [6, 6.07) is 16.9. The number of aromatic nitrogens is 3. The van der Waals surface area contributed by atoms with Crippen molar-refractivity contribution in [3.63, 3.8) is 0 Å². The maximum Gasteiger partial charge on any atom is 0.291 e. The first-order chi connectivity index (χ1) is 16.5. The maximum atomic E-state index is 12.9. The van der Waals surface area contributed by atoms with Gasteiger partial charge in [0, 0.05) is 23.8 Å².